The molecule has 74 valence electrons. The molecule has 1 aliphatic carbocycles. The fourth-order valence-corrected chi connectivity index (χ4v) is 4.37. The number of carbonyl (C=O) groups is 2. The molecule has 0 unspecified atom stereocenters. The van der Waals surface area contributed by atoms with E-state index in [2.05, 4.69) is 15.9 Å². The van der Waals surface area contributed by atoms with E-state index < -0.39 is 0 Å². The van der Waals surface area contributed by atoms with Crippen molar-refractivity contribution in [1.82, 2.24) is 0 Å². The Kier molecular flexibility index (Phi) is 1.95. The fraction of sp³-hybridized carbons (Fsp3) is 0. The van der Waals surface area contributed by atoms with Crippen LogP contribution in [0.15, 0.2) is 15.9 Å². The monoisotopic (exact) mass is 298 g/mol. The van der Waals surface area contributed by atoms with E-state index >= 15 is 0 Å². The Morgan fingerprint density at radius 3 is 2.53 bits per heavy atom. The van der Waals surface area contributed by atoms with Crippen LogP contribution in [0.5, 0.6) is 0 Å². The van der Waals surface area contributed by atoms with Gasteiger partial charge in [-0.05, 0) is 28.1 Å². The number of hydrogen-bond acceptors (Lipinski definition) is 4. The summed E-state index contributed by atoms with van der Waals surface area (Å²) >= 11 is 6.28. The quantitative estimate of drug-likeness (QED) is 0.643. The van der Waals surface area contributed by atoms with Gasteiger partial charge in [0.25, 0.3) is 0 Å². The zero-order chi connectivity index (χ0) is 10.6. The maximum Gasteiger partial charge on any atom is 0.196 e. The van der Waals surface area contributed by atoms with E-state index in [9.17, 15) is 9.59 Å². The van der Waals surface area contributed by atoms with E-state index in [0.29, 0.717) is 10.4 Å². The predicted molar refractivity (Wildman–Crippen MR) is 64.2 cm³/mol. The van der Waals surface area contributed by atoms with Gasteiger partial charge in [-0.3, -0.25) is 9.59 Å². The summed E-state index contributed by atoms with van der Waals surface area (Å²) in [6, 6.07) is 3.52. The molecule has 2 aromatic heterocycles. The van der Waals surface area contributed by atoms with Gasteiger partial charge in [-0.2, -0.15) is 0 Å². The highest BCUT2D eigenvalue weighted by molar-refractivity contribution is 9.11. The predicted octanol–water partition coefficient (Wildman–Crippen LogP) is 3.60. The van der Waals surface area contributed by atoms with Gasteiger partial charge in [0, 0.05) is 11.1 Å². The molecule has 0 aromatic carbocycles. The SMILES string of the molecule is O=Cc1cc2c(s1)-c1sc(Br)cc1C2=O. The summed E-state index contributed by atoms with van der Waals surface area (Å²) in [4.78, 5) is 25.1. The van der Waals surface area contributed by atoms with Gasteiger partial charge in [0.05, 0.1) is 18.4 Å². The van der Waals surface area contributed by atoms with Gasteiger partial charge in [0.1, 0.15) is 0 Å². The number of fused-ring (bicyclic) bond motifs is 3. The van der Waals surface area contributed by atoms with Crippen molar-refractivity contribution in [2.75, 3.05) is 0 Å². The second-order valence-corrected chi connectivity index (χ2v) is 6.65. The zero-order valence-corrected chi connectivity index (χ0v) is 10.5. The molecule has 2 heterocycles. The number of carbonyl (C=O) groups excluding carboxylic acids is 2. The van der Waals surface area contributed by atoms with E-state index in [-0.39, 0.29) is 5.78 Å². The third kappa shape index (κ3) is 1.20. The second kappa shape index (κ2) is 3.10. The third-order valence-electron chi connectivity index (χ3n) is 2.26. The van der Waals surface area contributed by atoms with Crippen LogP contribution >= 0.6 is 38.6 Å². The first-order valence-electron chi connectivity index (χ1n) is 4.14. The Labute approximate surface area is 102 Å². The molecule has 0 spiro atoms. The lowest BCUT2D eigenvalue weighted by atomic mass is 10.2. The van der Waals surface area contributed by atoms with Crippen molar-refractivity contribution < 1.29 is 9.59 Å². The Bertz CT molecular complexity index is 595. The molecule has 0 amide bonds. The van der Waals surface area contributed by atoms with E-state index in [1.165, 1.54) is 22.7 Å². The maximum absolute atomic E-state index is 11.9. The standard InChI is InChI=1S/C10H3BrO2S2/c11-7-2-6-8(13)5-1-4(3-12)14-9(5)10(6)15-7/h1-3H. The van der Waals surface area contributed by atoms with E-state index in [0.717, 1.165) is 25.4 Å². The molecule has 0 saturated carbocycles. The number of ketones is 1. The molecule has 0 aliphatic heterocycles. The molecule has 2 aromatic rings. The normalized spacial score (nSPS) is 12.7. The van der Waals surface area contributed by atoms with Crippen LogP contribution in [0.25, 0.3) is 9.75 Å². The van der Waals surface area contributed by atoms with Crippen LogP contribution in [0.3, 0.4) is 0 Å². The maximum atomic E-state index is 11.9. The molecule has 5 heteroatoms. The zero-order valence-electron chi connectivity index (χ0n) is 7.24. The van der Waals surface area contributed by atoms with E-state index in [1.807, 2.05) is 6.07 Å². The van der Waals surface area contributed by atoms with Crippen molar-refractivity contribution in [2.24, 2.45) is 0 Å². The minimum atomic E-state index is 0.0336. The van der Waals surface area contributed by atoms with Crippen molar-refractivity contribution in [3.8, 4) is 9.75 Å². The van der Waals surface area contributed by atoms with Crippen molar-refractivity contribution in [3.63, 3.8) is 0 Å². The Morgan fingerprint density at radius 1 is 1.13 bits per heavy atom. The van der Waals surface area contributed by atoms with Gasteiger partial charge >= 0.3 is 0 Å². The molecule has 2 nitrogen and oxygen atoms in total. The molecule has 15 heavy (non-hydrogen) atoms. The first kappa shape index (κ1) is 9.45. The topological polar surface area (TPSA) is 34.1 Å². The lowest BCUT2D eigenvalue weighted by Gasteiger charge is -1.85. The van der Waals surface area contributed by atoms with Crippen molar-refractivity contribution in [3.05, 3.63) is 31.9 Å². The van der Waals surface area contributed by atoms with Crippen LogP contribution in [0.2, 0.25) is 0 Å². The molecule has 3 rings (SSSR count). The number of thiophene rings is 2. The number of halogens is 1. The summed E-state index contributed by atoms with van der Waals surface area (Å²) in [6.45, 7) is 0. The van der Waals surface area contributed by atoms with Crippen LogP contribution in [0, 0.1) is 0 Å². The first-order valence-corrected chi connectivity index (χ1v) is 6.56. The lowest BCUT2D eigenvalue weighted by molar-refractivity contribution is 0.104. The third-order valence-corrected chi connectivity index (χ3v) is 5.13. The smallest absolute Gasteiger partial charge is 0.196 e. The highest BCUT2D eigenvalue weighted by Gasteiger charge is 2.31. The van der Waals surface area contributed by atoms with Crippen LogP contribution in [0.1, 0.15) is 25.6 Å². The van der Waals surface area contributed by atoms with Crippen LogP contribution in [-0.4, -0.2) is 12.1 Å². The second-order valence-electron chi connectivity index (χ2n) is 3.13. The largest absolute Gasteiger partial charge is 0.297 e. The highest BCUT2D eigenvalue weighted by Crippen LogP contribution is 2.47. The first-order chi connectivity index (χ1) is 7.20. The molecule has 0 bridgehead atoms. The summed E-state index contributed by atoms with van der Waals surface area (Å²) in [5, 5.41) is 0. The average molecular weight is 299 g/mol. The summed E-state index contributed by atoms with van der Waals surface area (Å²) in [5.41, 5.74) is 1.43. The molecule has 0 atom stereocenters. The Morgan fingerprint density at radius 2 is 1.80 bits per heavy atom. The number of hydrogen-bond donors (Lipinski definition) is 0. The van der Waals surface area contributed by atoms with Crippen LogP contribution in [0.4, 0.5) is 0 Å². The van der Waals surface area contributed by atoms with Crippen LogP contribution < -0.4 is 0 Å². The van der Waals surface area contributed by atoms with Gasteiger partial charge in [-0.15, -0.1) is 22.7 Å². The molecule has 1 aliphatic rings. The Hall–Kier alpha value is -0.780. The number of aldehydes is 1. The highest BCUT2D eigenvalue weighted by atomic mass is 79.9. The van der Waals surface area contributed by atoms with E-state index in [1.54, 1.807) is 6.07 Å². The van der Waals surface area contributed by atoms with E-state index in [4.69, 9.17) is 0 Å². The summed E-state index contributed by atoms with van der Waals surface area (Å²) in [7, 11) is 0. The lowest BCUT2D eigenvalue weighted by Crippen LogP contribution is -1.92. The van der Waals surface area contributed by atoms with Crippen molar-refractivity contribution in [1.29, 1.82) is 0 Å². The summed E-state index contributed by atoms with van der Waals surface area (Å²) in [6.07, 6.45) is 0.790. The molecule has 0 radical (unpaired) electrons. The van der Waals surface area contributed by atoms with Crippen molar-refractivity contribution in [2.45, 2.75) is 0 Å². The Balaban J connectivity index is 2.32. The van der Waals surface area contributed by atoms with Gasteiger partial charge in [-0.25, -0.2) is 0 Å². The summed E-state index contributed by atoms with van der Waals surface area (Å²) < 4.78 is 0.951. The fourth-order valence-electron chi connectivity index (χ4n) is 1.65. The van der Waals surface area contributed by atoms with Gasteiger partial charge < -0.3 is 0 Å². The molecule has 0 fully saturated rings. The number of rotatable bonds is 1. The molecule has 0 saturated heterocycles. The minimum Gasteiger partial charge on any atom is -0.297 e. The minimum absolute atomic E-state index is 0.0336. The van der Waals surface area contributed by atoms with Crippen molar-refractivity contribution >= 4 is 50.7 Å². The van der Waals surface area contributed by atoms with Crippen LogP contribution in [-0.2, 0) is 0 Å². The molecular weight excluding hydrogens is 296 g/mol. The molecule has 0 N–H and O–H groups in total. The van der Waals surface area contributed by atoms with Gasteiger partial charge in [-0.1, -0.05) is 0 Å². The molecular formula is C10H3BrO2S2. The van der Waals surface area contributed by atoms with Gasteiger partial charge in [0.2, 0.25) is 0 Å². The van der Waals surface area contributed by atoms with Gasteiger partial charge in [0.15, 0.2) is 12.1 Å². The average Bonchev–Trinajstić information content (AvgIpc) is 2.83. The summed E-state index contributed by atoms with van der Waals surface area (Å²) in [5.74, 6) is 0.0336.